The van der Waals surface area contributed by atoms with Gasteiger partial charge in [-0.15, -0.1) is 0 Å². The Balaban J connectivity index is 1.92. The molecule has 0 aliphatic heterocycles. The van der Waals surface area contributed by atoms with Crippen molar-refractivity contribution in [3.05, 3.63) is 35.6 Å². The third-order valence-corrected chi connectivity index (χ3v) is 5.07. The van der Waals surface area contributed by atoms with Gasteiger partial charge in [0.25, 0.3) is 0 Å². The van der Waals surface area contributed by atoms with Gasteiger partial charge in [-0.1, -0.05) is 37.5 Å². The fourth-order valence-corrected chi connectivity index (χ4v) is 4.19. The van der Waals surface area contributed by atoms with Gasteiger partial charge in [0.05, 0.1) is 5.41 Å². The summed E-state index contributed by atoms with van der Waals surface area (Å²) in [5, 5.41) is 9.61. The first-order chi connectivity index (χ1) is 9.08. The van der Waals surface area contributed by atoms with Crippen molar-refractivity contribution in [2.75, 3.05) is 0 Å². The molecule has 0 heterocycles. The number of carboxylic acid groups (broad SMARTS) is 1. The van der Waals surface area contributed by atoms with Crippen molar-refractivity contribution in [3.8, 4) is 0 Å². The number of aliphatic carboxylic acids is 1. The van der Waals surface area contributed by atoms with Gasteiger partial charge in [-0.2, -0.15) is 0 Å². The van der Waals surface area contributed by atoms with Crippen molar-refractivity contribution in [2.24, 2.45) is 5.41 Å². The molecule has 0 saturated heterocycles. The fraction of sp³-hybridized carbons (Fsp3) is 0.562. The SMILES string of the molecule is O=C(O)C1(c2ccccc2F)CC2(CCCCC2)C1. The van der Waals surface area contributed by atoms with Crippen molar-refractivity contribution in [1.29, 1.82) is 0 Å². The van der Waals surface area contributed by atoms with Gasteiger partial charge in [-0.05, 0) is 37.2 Å². The number of hydrogen-bond acceptors (Lipinski definition) is 1. The molecule has 2 saturated carbocycles. The molecule has 0 aromatic heterocycles. The molecule has 1 N–H and O–H groups in total. The summed E-state index contributed by atoms with van der Waals surface area (Å²) in [6.45, 7) is 0. The van der Waals surface area contributed by atoms with E-state index in [0.29, 0.717) is 18.4 Å². The first kappa shape index (κ1) is 12.6. The van der Waals surface area contributed by atoms with E-state index in [2.05, 4.69) is 0 Å². The standard InChI is InChI=1S/C16H19FO2/c17-13-7-3-2-6-12(13)16(14(18)19)10-15(11-16)8-4-1-5-9-15/h2-3,6-7H,1,4-5,8-11H2,(H,18,19). The summed E-state index contributed by atoms with van der Waals surface area (Å²) in [4.78, 5) is 11.7. The van der Waals surface area contributed by atoms with E-state index in [-0.39, 0.29) is 11.2 Å². The maximum Gasteiger partial charge on any atom is 0.314 e. The lowest BCUT2D eigenvalue weighted by molar-refractivity contribution is -0.157. The minimum Gasteiger partial charge on any atom is -0.481 e. The largest absolute Gasteiger partial charge is 0.481 e. The van der Waals surface area contributed by atoms with Crippen LogP contribution in [0.4, 0.5) is 4.39 Å². The smallest absolute Gasteiger partial charge is 0.314 e. The summed E-state index contributed by atoms with van der Waals surface area (Å²) < 4.78 is 14.0. The van der Waals surface area contributed by atoms with Gasteiger partial charge in [0.1, 0.15) is 5.82 Å². The van der Waals surface area contributed by atoms with Crippen LogP contribution in [0.25, 0.3) is 0 Å². The number of halogens is 1. The normalized spacial score (nSPS) is 23.8. The summed E-state index contributed by atoms with van der Waals surface area (Å²) in [5.74, 6) is -1.25. The number of rotatable bonds is 2. The van der Waals surface area contributed by atoms with Crippen molar-refractivity contribution < 1.29 is 14.3 Å². The number of carboxylic acids is 1. The van der Waals surface area contributed by atoms with Crippen LogP contribution in [0.2, 0.25) is 0 Å². The van der Waals surface area contributed by atoms with Gasteiger partial charge in [-0.3, -0.25) is 4.79 Å². The minimum atomic E-state index is -0.983. The lowest BCUT2D eigenvalue weighted by atomic mass is 9.46. The second-order valence-electron chi connectivity index (χ2n) is 6.28. The number of hydrogen-bond donors (Lipinski definition) is 1. The monoisotopic (exact) mass is 262 g/mol. The fourth-order valence-electron chi connectivity index (χ4n) is 4.19. The minimum absolute atomic E-state index is 0.166. The lowest BCUT2D eigenvalue weighted by Gasteiger charge is -2.56. The van der Waals surface area contributed by atoms with Crippen LogP contribution >= 0.6 is 0 Å². The van der Waals surface area contributed by atoms with Crippen LogP contribution in [-0.4, -0.2) is 11.1 Å². The van der Waals surface area contributed by atoms with Crippen LogP contribution in [-0.2, 0) is 10.2 Å². The Labute approximate surface area is 112 Å². The average molecular weight is 262 g/mol. The Morgan fingerprint density at radius 3 is 2.32 bits per heavy atom. The summed E-state index contributed by atoms with van der Waals surface area (Å²) in [7, 11) is 0. The van der Waals surface area contributed by atoms with Gasteiger partial charge >= 0.3 is 5.97 Å². The highest BCUT2D eigenvalue weighted by Gasteiger charge is 2.60. The molecule has 3 heteroatoms. The van der Waals surface area contributed by atoms with Crippen molar-refractivity contribution in [3.63, 3.8) is 0 Å². The molecule has 2 fully saturated rings. The van der Waals surface area contributed by atoms with Crippen molar-refractivity contribution in [2.45, 2.75) is 50.4 Å². The third-order valence-electron chi connectivity index (χ3n) is 5.07. The summed E-state index contributed by atoms with van der Waals surface area (Å²) in [6, 6.07) is 6.35. The summed E-state index contributed by atoms with van der Waals surface area (Å²) >= 11 is 0. The van der Waals surface area contributed by atoms with E-state index in [9.17, 15) is 14.3 Å². The van der Waals surface area contributed by atoms with Crippen LogP contribution in [0.3, 0.4) is 0 Å². The highest BCUT2D eigenvalue weighted by atomic mass is 19.1. The second kappa shape index (κ2) is 4.32. The summed E-state index contributed by atoms with van der Waals surface area (Å²) in [5.41, 5.74) is -0.444. The Morgan fingerprint density at radius 2 is 1.74 bits per heavy atom. The topological polar surface area (TPSA) is 37.3 Å². The zero-order valence-corrected chi connectivity index (χ0v) is 11.0. The van der Waals surface area contributed by atoms with E-state index in [1.807, 2.05) is 0 Å². The predicted octanol–water partition coefficient (Wildman–Crippen LogP) is 3.89. The molecule has 0 amide bonds. The van der Waals surface area contributed by atoms with Gasteiger partial charge < -0.3 is 5.11 Å². The first-order valence-corrected chi connectivity index (χ1v) is 7.07. The first-order valence-electron chi connectivity index (χ1n) is 7.07. The summed E-state index contributed by atoms with van der Waals surface area (Å²) in [6.07, 6.45) is 7.06. The quantitative estimate of drug-likeness (QED) is 0.877. The van der Waals surface area contributed by atoms with Gasteiger partial charge in [0.2, 0.25) is 0 Å². The molecule has 2 nitrogen and oxygen atoms in total. The van der Waals surface area contributed by atoms with Crippen molar-refractivity contribution >= 4 is 5.97 Å². The number of benzene rings is 1. The molecule has 3 rings (SSSR count). The molecular weight excluding hydrogens is 243 g/mol. The van der Waals surface area contributed by atoms with Crippen LogP contribution in [0.1, 0.15) is 50.5 Å². The van der Waals surface area contributed by atoms with Gasteiger partial charge in [-0.25, -0.2) is 4.39 Å². The van der Waals surface area contributed by atoms with E-state index >= 15 is 0 Å². The number of carbonyl (C=O) groups is 1. The van der Waals surface area contributed by atoms with Gasteiger partial charge in [0, 0.05) is 5.56 Å². The molecule has 0 atom stereocenters. The average Bonchev–Trinajstić information content (AvgIpc) is 2.37. The van der Waals surface area contributed by atoms with Crippen LogP contribution in [0, 0.1) is 11.2 Å². The molecule has 0 radical (unpaired) electrons. The van der Waals surface area contributed by atoms with E-state index in [1.54, 1.807) is 18.2 Å². The zero-order chi connectivity index (χ0) is 13.5. The van der Waals surface area contributed by atoms with Crippen LogP contribution < -0.4 is 0 Å². The molecule has 1 aromatic carbocycles. The molecule has 1 spiro atoms. The Hall–Kier alpha value is -1.38. The molecule has 19 heavy (non-hydrogen) atoms. The maximum atomic E-state index is 14.0. The Kier molecular flexibility index (Phi) is 2.88. The van der Waals surface area contributed by atoms with Gasteiger partial charge in [0.15, 0.2) is 0 Å². The molecule has 0 bridgehead atoms. The van der Waals surface area contributed by atoms with Crippen LogP contribution in [0.5, 0.6) is 0 Å². The highest BCUT2D eigenvalue weighted by Crippen LogP contribution is 2.62. The Bertz CT molecular complexity index is 495. The van der Waals surface area contributed by atoms with Crippen LogP contribution in [0.15, 0.2) is 24.3 Å². The molecule has 2 aliphatic carbocycles. The zero-order valence-electron chi connectivity index (χ0n) is 11.0. The molecular formula is C16H19FO2. The van der Waals surface area contributed by atoms with E-state index in [0.717, 1.165) is 12.8 Å². The van der Waals surface area contributed by atoms with E-state index in [1.165, 1.54) is 25.3 Å². The predicted molar refractivity (Wildman–Crippen MR) is 70.5 cm³/mol. The molecule has 102 valence electrons. The molecule has 2 aliphatic rings. The lowest BCUT2D eigenvalue weighted by Crippen LogP contribution is -2.55. The van der Waals surface area contributed by atoms with Crippen molar-refractivity contribution in [1.82, 2.24) is 0 Å². The molecule has 1 aromatic rings. The highest BCUT2D eigenvalue weighted by molar-refractivity contribution is 5.83. The third kappa shape index (κ3) is 1.87. The van der Waals surface area contributed by atoms with E-state index in [4.69, 9.17) is 0 Å². The maximum absolute atomic E-state index is 14.0. The molecule has 0 unspecified atom stereocenters. The second-order valence-corrected chi connectivity index (χ2v) is 6.28. The van der Waals surface area contributed by atoms with E-state index < -0.39 is 11.4 Å². The Morgan fingerprint density at radius 1 is 1.11 bits per heavy atom.